The SMILES string of the molecule is FC(F)(Br)C(F)(F)Oc1c(Cl)cc(Cl)c2cccnc12. The molecule has 0 aliphatic rings. The number of pyridine rings is 1. The number of alkyl halides is 5. The fourth-order valence-corrected chi connectivity index (χ4v) is 2.07. The molecule has 2 rings (SSSR count). The summed E-state index contributed by atoms with van der Waals surface area (Å²) in [6.45, 7) is 0. The molecule has 9 heteroatoms. The molecule has 1 aromatic heterocycles. The maximum absolute atomic E-state index is 13.3. The fourth-order valence-electron chi connectivity index (χ4n) is 1.43. The number of ether oxygens (including phenoxy) is 1. The monoisotopic (exact) mass is 391 g/mol. The summed E-state index contributed by atoms with van der Waals surface area (Å²) in [6.07, 6.45) is -3.54. The Bertz CT molecular complexity index is 663. The lowest BCUT2D eigenvalue weighted by Crippen LogP contribution is -2.40. The third-order valence-corrected chi connectivity index (χ3v) is 3.37. The quantitative estimate of drug-likeness (QED) is 0.508. The van der Waals surface area contributed by atoms with Crippen LogP contribution in [0.2, 0.25) is 10.0 Å². The first kappa shape index (κ1) is 15.6. The number of hydrogen-bond acceptors (Lipinski definition) is 2. The van der Waals surface area contributed by atoms with Crippen molar-refractivity contribution in [1.29, 1.82) is 0 Å². The molecule has 1 heterocycles. The first-order valence-corrected chi connectivity index (χ1v) is 6.54. The number of hydrogen-bond donors (Lipinski definition) is 0. The number of aromatic nitrogens is 1. The predicted octanol–water partition coefficient (Wildman–Crippen LogP) is 5.50. The van der Waals surface area contributed by atoms with Crippen LogP contribution in [-0.4, -0.2) is 15.9 Å². The van der Waals surface area contributed by atoms with Gasteiger partial charge in [0.15, 0.2) is 5.75 Å². The van der Waals surface area contributed by atoms with Crippen molar-refractivity contribution < 1.29 is 22.3 Å². The van der Waals surface area contributed by atoms with Crippen LogP contribution in [-0.2, 0) is 0 Å². The van der Waals surface area contributed by atoms with Crippen LogP contribution in [0, 0.1) is 0 Å². The first-order valence-electron chi connectivity index (χ1n) is 5.00. The Hall–Kier alpha value is -0.790. The highest BCUT2D eigenvalue weighted by molar-refractivity contribution is 9.10. The molecule has 0 unspecified atom stereocenters. The highest BCUT2D eigenvalue weighted by Crippen LogP contribution is 2.45. The second-order valence-electron chi connectivity index (χ2n) is 3.69. The fraction of sp³-hybridized carbons (Fsp3) is 0.182. The maximum atomic E-state index is 13.3. The van der Waals surface area contributed by atoms with Gasteiger partial charge >= 0.3 is 10.9 Å². The molecule has 20 heavy (non-hydrogen) atoms. The molecule has 0 radical (unpaired) electrons. The van der Waals surface area contributed by atoms with Gasteiger partial charge in [0.25, 0.3) is 0 Å². The lowest BCUT2D eigenvalue weighted by atomic mass is 10.2. The van der Waals surface area contributed by atoms with Crippen LogP contribution in [0.5, 0.6) is 5.75 Å². The molecule has 108 valence electrons. The molecule has 0 spiro atoms. The Kier molecular flexibility index (Phi) is 4.05. The second kappa shape index (κ2) is 5.20. The van der Waals surface area contributed by atoms with Gasteiger partial charge in [-0.2, -0.15) is 17.6 Å². The van der Waals surface area contributed by atoms with Gasteiger partial charge in [-0.15, -0.1) is 0 Å². The van der Waals surface area contributed by atoms with Gasteiger partial charge in [0, 0.05) is 27.5 Å². The van der Waals surface area contributed by atoms with Crippen molar-refractivity contribution in [2.24, 2.45) is 0 Å². The van der Waals surface area contributed by atoms with Gasteiger partial charge in [0.1, 0.15) is 5.52 Å². The van der Waals surface area contributed by atoms with Crippen LogP contribution >= 0.6 is 39.1 Å². The summed E-state index contributed by atoms with van der Waals surface area (Å²) < 4.78 is 56.2. The smallest absolute Gasteiger partial charge is 0.423 e. The summed E-state index contributed by atoms with van der Waals surface area (Å²) in [5.41, 5.74) is -0.138. The molecule has 0 aliphatic carbocycles. The highest BCUT2D eigenvalue weighted by atomic mass is 79.9. The predicted molar refractivity (Wildman–Crippen MR) is 71.2 cm³/mol. The van der Waals surface area contributed by atoms with Crippen LogP contribution in [0.25, 0.3) is 10.9 Å². The molecule has 0 fully saturated rings. The summed E-state index contributed by atoms with van der Waals surface area (Å²) >= 11 is 13.2. The number of benzene rings is 1. The van der Waals surface area contributed by atoms with Crippen LogP contribution < -0.4 is 4.74 Å². The van der Waals surface area contributed by atoms with Gasteiger partial charge in [-0.05, 0) is 18.2 Å². The molecular formula is C11H4BrCl2F4NO. The molecule has 0 N–H and O–H groups in total. The minimum atomic E-state index is -4.81. The van der Waals surface area contributed by atoms with E-state index in [1.54, 1.807) is 15.9 Å². The van der Waals surface area contributed by atoms with E-state index in [4.69, 9.17) is 23.2 Å². The zero-order valence-electron chi connectivity index (χ0n) is 9.31. The topological polar surface area (TPSA) is 22.1 Å². The molecule has 2 nitrogen and oxygen atoms in total. The Morgan fingerprint density at radius 3 is 2.40 bits per heavy atom. The molecule has 2 aromatic rings. The number of halogens is 7. The lowest BCUT2D eigenvalue weighted by molar-refractivity contribution is -0.265. The maximum Gasteiger partial charge on any atom is 0.475 e. The van der Waals surface area contributed by atoms with Crippen LogP contribution in [0.4, 0.5) is 17.6 Å². The third-order valence-electron chi connectivity index (χ3n) is 2.31. The van der Waals surface area contributed by atoms with Crippen molar-refractivity contribution in [3.63, 3.8) is 0 Å². The van der Waals surface area contributed by atoms with E-state index in [0.717, 1.165) is 6.07 Å². The van der Waals surface area contributed by atoms with Gasteiger partial charge in [0.05, 0.1) is 10.0 Å². The average Bonchev–Trinajstić information content (AvgIpc) is 2.33. The minimum Gasteiger partial charge on any atom is -0.423 e. The Morgan fingerprint density at radius 2 is 1.80 bits per heavy atom. The second-order valence-corrected chi connectivity index (χ2v) is 5.50. The molecule has 0 saturated heterocycles. The van der Waals surface area contributed by atoms with Gasteiger partial charge in [-0.3, -0.25) is 4.98 Å². The Labute approximate surface area is 128 Å². The molecule has 0 aliphatic heterocycles. The number of nitrogens with zero attached hydrogens (tertiary/aromatic N) is 1. The molecule has 0 atom stereocenters. The van der Waals surface area contributed by atoms with Crippen LogP contribution in [0.3, 0.4) is 0 Å². The summed E-state index contributed by atoms with van der Waals surface area (Å²) in [5.74, 6) is -0.671. The minimum absolute atomic E-state index is 0.138. The highest BCUT2D eigenvalue weighted by Gasteiger charge is 2.58. The van der Waals surface area contributed by atoms with Gasteiger partial charge in [0.2, 0.25) is 0 Å². The van der Waals surface area contributed by atoms with E-state index >= 15 is 0 Å². The summed E-state index contributed by atoms with van der Waals surface area (Å²) in [7, 11) is 0. The average molecular weight is 393 g/mol. The van der Waals surface area contributed by atoms with Crippen molar-refractivity contribution in [3.05, 3.63) is 34.4 Å². The largest absolute Gasteiger partial charge is 0.475 e. The molecular weight excluding hydrogens is 389 g/mol. The summed E-state index contributed by atoms with van der Waals surface area (Å²) in [4.78, 5) is -0.784. The summed E-state index contributed by atoms with van der Waals surface area (Å²) in [5, 5.41) is 0.0410. The van der Waals surface area contributed by atoms with Crippen LogP contribution in [0.15, 0.2) is 24.4 Å². The van der Waals surface area contributed by atoms with E-state index in [2.05, 4.69) is 9.72 Å². The van der Waals surface area contributed by atoms with Crippen molar-refractivity contribution in [3.8, 4) is 5.75 Å². The standard InChI is InChI=1S/C11H4BrCl2F4NO/c12-10(15,16)11(17,18)20-9-7(14)4-6(13)5-2-1-3-19-8(5)9/h1-4H. The molecule has 1 aromatic carbocycles. The number of rotatable bonds is 3. The first-order chi connectivity index (χ1) is 9.13. The third kappa shape index (κ3) is 2.80. The van der Waals surface area contributed by atoms with E-state index in [1.165, 1.54) is 18.3 Å². The van der Waals surface area contributed by atoms with Crippen molar-refractivity contribution in [2.45, 2.75) is 10.9 Å². The van der Waals surface area contributed by atoms with E-state index < -0.39 is 16.7 Å². The Balaban J connectivity index is 2.61. The lowest BCUT2D eigenvalue weighted by Gasteiger charge is -2.23. The van der Waals surface area contributed by atoms with E-state index in [-0.39, 0.29) is 20.9 Å². The Morgan fingerprint density at radius 1 is 1.15 bits per heavy atom. The molecule has 0 amide bonds. The normalized spacial score (nSPS) is 12.8. The van der Waals surface area contributed by atoms with E-state index in [1.807, 2.05) is 0 Å². The van der Waals surface area contributed by atoms with E-state index in [0.29, 0.717) is 0 Å². The molecule has 0 saturated carbocycles. The van der Waals surface area contributed by atoms with Crippen molar-refractivity contribution >= 4 is 50.0 Å². The number of fused-ring (bicyclic) bond motifs is 1. The van der Waals surface area contributed by atoms with Crippen molar-refractivity contribution in [2.75, 3.05) is 0 Å². The van der Waals surface area contributed by atoms with Gasteiger partial charge in [-0.1, -0.05) is 23.2 Å². The van der Waals surface area contributed by atoms with Gasteiger partial charge < -0.3 is 4.74 Å². The van der Waals surface area contributed by atoms with Crippen molar-refractivity contribution in [1.82, 2.24) is 4.98 Å². The zero-order valence-corrected chi connectivity index (χ0v) is 12.4. The zero-order chi connectivity index (χ0) is 15.1. The molecule has 0 bridgehead atoms. The summed E-state index contributed by atoms with van der Waals surface area (Å²) in [6, 6.07) is 4.09. The van der Waals surface area contributed by atoms with Crippen LogP contribution in [0.1, 0.15) is 0 Å². The van der Waals surface area contributed by atoms with Gasteiger partial charge in [-0.25, -0.2) is 0 Å². The van der Waals surface area contributed by atoms with E-state index in [9.17, 15) is 17.6 Å².